The highest BCUT2D eigenvalue weighted by molar-refractivity contribution is 5.72. The van der Waals surface area contributed by atoms with Crippen LogP contribution in [0.5, 0.6) is 11.5 Å². The van der Waals surface area contributed by atoms with Crippen molar-refractivity contribution < 1.29 is 19.0 Å². The topological polar surface area (TPSA) is 44.8 Å². The molecule has 4 nitrogen and oxygen atoms in total. The Morgan fingerprint density at radius 3 is 2.42 bits per heavy atom. The number of carbonyl (C=O) groups is 1. The third kappa shape index (κ3) is 6.52. The van der Waals surface area contributed by atoms with Crippen molar-refractivity contribution in [2.75, 3.05) is 13.2 Å². The lowest BCUT2D eigenvalue weighted by atomic mass is 9.93. The monoisotopic (exact) mass is 356 g/mol. The molecule has 0 bridgehead atoms. The van der Waals surface area contributed by atoms with E-state index in [4.69, 9.17) is 14.2 Å². The van der Waals surface area contributed by atoms with Crippen LogP contribution in [-0.4, -0.2) is 19.2 Å². The molecule has 0 aromatic heterocycles. The lowest BCUT2D eigenvalue weighted by molar-refractivity contribution is -0.152. The Labute approximate surface area is 156 Å². The molecule has 2 aromatic rings. The first kappa shape index (κ1) is 20.0. The molecule has 0 heterocycles. The van der Waals surface area contributed by atoms with E-state index in [-0.39, 0.29) is 24.4 Å². The van der Waals surface area contributed by atoms with Crippen LogP contribution in [-0.2, 0) is 20.9 Å². The van der Waals surface area contributed by atoms with Gasteiger partial charge in [0.25, 0.3) is 0 Å². The lowest BCUT2D eigenvalue weighted by Crippen LogP contribution is -2.24. The van der Waals surface area contributed by atoms with Crippen LogP contribution in [0.25, 0.3) is 0 Å². The predicted octanol–water partition coefficient (Wildman–Crippen LogP) is 5.22. The van der Waals surface area contributed by atoms with Crippen LogP contribution in [0.2, 0.25) is 0 Å². The van der Waals surface area contributed by atoms with Crippen molar-refractivity contribution in [2.24, 2.45) is 11.8 Å². The summed E-state index contributed by atoms with van der Waals surface area (Å²) in [4.78, 5) is 12.4. The molecule has 0 saturated heterocycles. The summed E-state index contributed by atoms with van der Waals surface area (Å²) in [6.07, 6.45) is 0.682. The number of para-hydroxylation sites is 1. The number of benzene rings is 2. The molecule has 0 aliphatic carbocycles. The van der Waals surface area contributed by atoms with Gasteiger partial charge in [-0.2, -0.15) is 0 Å². The summed E-state index contributed by atoms with van der Waals surface area (Å²) in [5.74, 6) is 1.40. The number of hydrogen-bond acceptors (Lipinski definition) is 4. The van der Waals surface area contributed by atoms with Crippen molar-refractivity contribution in [1.29, 1.82) is 0 Å². The number of rotatable bonds is 10. The zero-order chi connectivity index (χ0) is 18.8. The van der Waals surface area contributed by atoms with E-state index in [2.05, 4.69) is 0 Å². The maximum atomic E-state index is 12.4. The minimum absolute atomic E-state index is 0.148. The van der Waals surface area contributed by atoms with Crippen molar-refractivity contribution in [2.45, 2.75) is 33.8 Å². The minimum Gasteiger partial charge on any atom is -0.461 e. The number of ether oxygens (including phenoxy) is 3. The Bertz CT molecular complexity index is 667. The van der Waals surface area contributed by atoms with Crippen LogP contribution < -0.4 is 4.74 Å². The Balaban J connectivity index is 1.91. The summed E-state index contributed by atoms with van der Waals surface area (Å²) < 4.78 is 16.7. The Kier molecular flexibility index (Phi) is 8.16. The van der Waals surface area contributed by atoms with E-state index < -0.39 is 0 Å². The van der Waals surface area contributed by atoms with Crippen molar-refractivity contribution in [3.8, 4) is 11.5 Å². The normalized spacial score (nSPS) is 12.0. The standard InChI is InChI=1S/C22H28O4/c1-4-24-14-13-21(17(2)3)22(23)25-16-18-9-8-12-20(15-18)26-19-10-6-5-7-11-19/h5-12,15,17,21H,4,13-14,16H2,1-3H3. The summed E-state index contributed by atoms with van der Waals surface area (Å²) in [7, 11) is 0. The minimum atomic E-state index is -0.172. The molecule has 0 saturated carbocycles. The molecule has 0 aliphatic heterocycles. The van der Waals surface area contributed by atoms with Crippen molar-refractivity contribution in [3.05, 3.63) is 60.2 Å². The van der Waals surface area contributed by atoms with E-state index in [1.807, 2.05) is 75.4 Å². The SMILES string of the molecule is CCOCCC(C(=O)OCc1cccc(Oc2ccccc2)c1)C(C)C. The van der Waals surface area contributed by atoms with Crippen LogP contribution in [0.15, 0.2) is 54.6 Å². The first-order chi connectivity index (χ1) is 12.6. The summed E-state index contributed by atoms with van der Waals surface area (Å²) in [6, 6.07) is 17.2. The number of hydrogen-bond donors (Lipinski definition) is 0. The van der Waals surface area contributed by atoms with E-state index in [0.29, 0.717) is 19.6 Å². The molecule has 26 heavy (non-hydrogen) atoms. The second-order valence-electron chi connectivity index (χ2n) is 6.51. The Morgan fingerprint density at radius 1 is 1.00 bits per heavy atom. The van der Waals surface area contributed by atoms with Gasteiger partial charge in [-0.25, -0.2) is 0 Å². The highest BCUT2D eigenvalue weighted by Crippen LogP contribution is 2.23. The van der Waals surface area contributed by atoms with Gasteiger partial charge in [-0.05, 0) is 49.1 Å². The zero-order valence-electron chi connectivity index (χ0n) is 15.8. The second kappa shape index (κ2) is 10.6. The summed E-state index contributed by atoms with van der Waals surface area (Å²) in [5.41, 5.74) is 0.902. The molecule has 4 heteroatoms. The fraction of sp³-hybridized carbons (Fsp3) is 0.409. The molecule has 0 aliphatic rings. The molecule has 0 N–H and O–H groups in total. The molecule has 1 atom stereocenters. The third-order valence-corrected chi connectivity index (χ3v) is 4.14. The average Bonchev–Trinajstić information content (AvgIpc) is 2.64. The van der Waals surface area contributed by atoms with Gasteiger partial charge < -0.3 is 14.2 Å². The van der Waals surface area contributed by atoms with Gasteiger partial charge in [0.2, 0.25) is 0 Å². The summed E-state index contributed by atoms with van der Waals surface area (Å²) in [6.45, 7) is 7.50. The van der Waals surface area contributed by atoms with Crippen LogP contribution in [0.4, 0.5) is 0 Å². The zero-order valence-corrected chi connectivity index (χ0v) is 15.8. The lowest BCUT2D eigenvalue weighted by Gasteiger charge is -2.19. The van der Waals surface area contributed by atoms with Crippen LogP contribution in [0.3, 0.4) is 0 Å². The summed E-state index contributed by atoms with van der Waals surface area (Å²) >= 11 is 0. The van der Waals surface area contributed by atoms with Gasteiger partial charge in [0, 0.05) is 13.2 Å². The molecule has 1 unspecified atom stereocenters. The second-order valence-corrected chi connectivity index (χ2v) is 6.51. The molecule has 2 rings (SSSR count). The molecule has 2 aromatic carbocycles. The average molecular weight is 356 g/mol. The third-order valence-electron chi connectivity index (χ3n) is 4.14. The van der Waals surface area contributed by atoms with Gasteiger partial charge in [0.05, 0.1) is 5.92 Å². The molecular weight excluding hydrogens is 328 g/mol. The van der Waals surface area contributed by atoms with Gasteiger partial charge in [-0.1, -0.05) is 44.2 Å². The van der Waals surface area contributed by atoms with Crippen LogP contribution in [0, 0.1) is 11.8 Å². The first-order valence-corrected chi connectivity index (χ1v) is 9.16. The number of esters is 1. The molecule has 0 radical (unpaired) electrons. The smallest absolute Gasteiger partial charge is 0.309 e. The molecule has 0 amide bonds. The summed E-state index contributed by atoms with van der Waals surface area (Å²) in [5, 5.41) is 0. The van der Waals surface area contributed by atoms with Gasteiger partial charge in [-0.3, -0.25) is 4.79 Å². The largest absolute Gasteiger partial charge is 0.461 e. The van der Waals surface area contributed by atoms with E-state index >= 15 is 0 Å². The van der Waals surface area contributed by atoms with Gasteiger partial charge in [-0.15, -0.1) is 0 Å². The highest BCUT2D eigenvalue weighted by Gasteiger charge is 2.23. The Hall–Kier alpha value is -2.33. The van der Waals surface area contributed by atoms with Gasteiger partial charge in [0.15, 0.2) is 0 Å². The Morgan fingerprint density at radius 2 is 1.73 bits per heavy atom. The van der Waals surface area contributed by atoms with Gasteiger partial charge in [0.1, 0.15) is 18.1 Å². The van der Waals surface area contributed by atoms with Gasteiger partial charge >= 0.3 is 5.97 Å². The fourth-order valence-corrected chi connectivity index (χ4v) is 2.66. The maximum absolute atomic E-state index is 12.4. The fourth-order valence-electron chi connectivity index (χ4n) is 2.66. The maximum Gasteiger partial charge on any atom is 0.309 e. The van der Waals surface area contributed by atoms with E-state index in [1.165, 1.54) is 0 Å². The molecule has 140 valence electrons. The predicted molar refractivity (Wildman–Crippen MR) is 102 cm³/mol. The van der Waals surface area contributed by atoms with E-state index in [0.717, 1.165) is 17.1 Å². The van der Waals surface area contributed by atoms with Crippen molar-refractivity contribution >= 4 is 5.97 Å². The van der Waals surface area contributed by atoms with E-state index in [9.17, 15) is 4.79 Å². The first-order valence-electron chi connectivity index (χ1n) is 9.16. The molecule has 0 spiro atoms. The number of carbonyl (C=O) groups excluding carboxylic acids is 1. The molecular formula is C22H28O4. The quantitative estimate of drug-likeness (QED) is 0.432. The van der Waals surface area contributed by atoms with Crippen LogP contribution >= 0.6 is 0 Å². The van der Waals surface area contributed by atoms with Crippen molar-refractivity contribution in [3.63, 3.8) is 0 Å². The molecule has 0 fully saturated rings. The van der Waals surface area contributed by atoms with E-state index in [1.54, 1.807) is 0 Å². The van der Waals surface area contributed by atoms with Crippen LogP contribution in [0.1, 0.15) is 32.8 Å². The highest BCUT2D eigenvalue weighted by atomic mass is 16.5. The van der Waals surface area contributed by atoms with Crippen molar-refractivity contribution in [1.82, 2.24) is 0 Å².